The molecular weight excluding hydrogens is 371 g/mol. The molecule has 0 spiro atoms. The average Bonchev–Trinajstić information content (AvgIpc) is 2.92. The van der Waals surface area contributed by atoms with Gasteiger partial charge in [0.2, 0.25) is 0 Å². The van der Waals surface area contributed by atoms with Crippen molar-refractivity contribution in [3.63, 3.8) is 0 Å². The Balaban J connectivity index is 1.56. The topological polar surface area (TPSA) is 63.6 Å². The number of carbonyl (C=O) groups is 2. The number of alkyl halides is 1. The fourth-order valence-electron chi connectivity index (χ4n) is 6.90. The minimum absolute atomic E-state index is 0.0199. The van der Waals surface area contributed by atoms with Crippen molar-refractivity contribution in [2.75, 3.05) is 0 Å². The summed E-state index contributed by atoms with van der Waals surface area (Å²) in [6.45, 7) is 7.50. The number of hydrogen-bond acceptors (Lipinski definition) is 4. The lowest BCUT2D eigenvalue weighted by Gasteiger charge is -2.57. The van der Waals surface area contributed by atoms with Crippen molar-refractivity contribution >= 4 is 11.8 Å². The summed E-state index contributed by atoms with van der Waals surface area (Å²) in [5, 5.41) is 9.92. The first-order valence-electron chi connectivity index (χ1n) is 11.0. The van der Waals surface area contributed by atoms with Crippen LogP contribution < -0.4 is 0 Å². The van der Waals surface area contributed by atoms with E-state index in [9.17, 15) is 14.7 Å². The van der Waals surface area contributed by atoms with Crippen molar-refractivity contribution in [3.05, 3.63) is 23.8 Å². The number of hydrogen-bond donors (Lipinski definition) is 1. The van der Waals surface area contributed by atoms with E-state index in [2.05, 4.69) is 13.8 Å². The van der Waals surface area contributed by atoms with Crippen molar-refractivity contribution in [3.8, 4) is 0 Å². The Morgan fingerprint density at radius 2 is 2.00 bits per heavy atom. The van der Waals surface area contributed by atoms with E-state index in [0.29, 0.717) is 23.8 Å². The molecule has 29 heavy (non-hydrogen) atoms. The van der Waals surface area contributed by atoms with Gasteiger partial charge in [0.25, 0.3) is 0 Å². The van der Waals surface area contributed by atoms with E-state index >= 15 is 4.39 Å². The molecule has 160 valence electrons. The van der Waals surface area contributed by atoms with Gasteiger partial charge in [-0.25, -0.2) is 4.39 Å². The van der Waals surface area contributed by atoms with Crippen LogP contribution in [0, 0.1) is 28.6 Å². The van der Waals surface area contributed by atoms with E-state index in [-0.39, 0.29) is 35.6 Å². The predicted octanol–water partition coefficient (Wildman–Crippen LogP) is 4.32. The largest absolute Gasteiger partial charge is 0.462 e. The highest BCUT2D eigenvalue weighted by Gasteiger charge is 2.61. The van der Waals surface area contributed by atoms with E-state index in [1.54, 1.807) is 19.9 Å². The molecule has 4 rings (SSSR count). The lowest BCUT2D eigenvalue weighted by atomic mass is 9.48. The zero-order chi connectivity index (χ0) is 21.2. The van der Waals surface area contributed by atoms with Crippen molar-refractivity contribution in [2.24, 2.45) is 28.6 Å². The van der Waals surface area contributed by atoms with Gasteiger partial charge in [-0.1, -0.05) is 19.9 Å². The second-order valence-corrected chi connectivity index (χ2v) is 10.8. The Morgan fingerprint density at radius 1 is 1.28 bits per heavy atom. The van der Waals surface area contributed by atoms with E-state index in [1.165, 1.54) is 6.08 Å². The number of carbonyl (C=O) groups excluding carboxylic acids is 2. The molecule has 0 aliphatic heterocycles. The summed E-state index contributed by atoms with van der Waals surface area (Å²) >= 11 is 0. The van der Waals surface area contributed by atoms with E-state index in [4.69, 9.17) is 4.74 Å². The Hall–Kier alpha value is -1.49. The van der Waals surface area contributed by atoms with Crippen LogP contribution in [0.15, 0.2) is 23.8 Å². The van der Waals surface area contributed by atoms with Crippen LogP contribution in [0.1, 0.15) is 66.2 Å². The SMILES string of the molecule is CC(C)(O)CC(=O)O[C@@H]1CC[C@H]2[C@@H]3C[C@H](F)C4=CC(=O)C=C[C@]4(C)[C@H]3CC[C@]12C. The maximum absolute atomic E-state index is 15.2. The molecule has 0 amide bonds. The van der Waals surface area contributed by atoms with E-state index in [0.717, 1.165) is 25.7 Å². The van der Waals surface area contributed by atoms with Crippen LogP contribution in [-0.2, 0) is 14.3 Å². The van der Waals surface area contributed by atoms with Crippen LogP contribution in [0.4, 0.5) is 4.39 Å². The highest BCUT2D eigenvalue weighted by molar-refractivity contribution is 6.01. The quantitative estimate of drug-likeness (QED) is 0.712. The third-order valence-electron chi connectivity index (χ3n) is 8.30. The molecule has 0 aromatic heterocycles. The monoisotopic (exact) mass is 404 g/mol. The molecule has 0 aromatic rings. The molecule has 0 bridgehead atoms. The third-order valence-corrected chi connectivity index (χ3v) is 8.30. The average molecular weight is 405 g/mol. The van der Waals surface area contributed by atoms with Crippen LogP contribution in [0.5, 0.6) is 0 Å². The second kappa shape index (κ2) is 6.76. The van der Waals surface area contributed by atoms with Crippen molar-refractivity contribution in [1.82, 2.24) is 0 Å². The van der Waals surface area contributed by atoms with Crippen molar-refractivity contribution < 1.29 is 23.8 Å². The molecule has 4 aliphatic rings. The summed E-state index contributed by atoms with van der Waals surface area (Å²) in [7, 11) is 0. The first-order valence-corrected chi connectivity index (χ1v) is 11.0. The van der Waals surface area contributed by atoms with E-state index < -0.39 is 17.2 Å². The number of ether oxygens (including phenoxy) is 1. The summed E-state index contributed by atoms with van der Waals surface area (Å²) in [6.07, 6.45) is 7.83. The zero-order valence-corrected chi connectivity index (χ0v) is 17.9. The fraction of sp³-hybridized carbons (Fsp3) is 0.750. The summed E-state index contributed by atoms with van der Waals surface area (Å²) in [6, 6.07) is 0. The van der Waals surface area contributed by atoms with Crippen LogP contribution in [0.25, 0.3) is 0 Å². The first kappa shape index (κ1) is 20.8. The molecule has 0 unspecified atom stereocenters. The number of rotatable bonds is 3. The fourth-order valence-corrected chi connectivity index (χ4v) is 6.90. The molecule has 1 N–H and O–H groups in total. The number of halogens is 1. The Morgan fingerprint density at radius 3 is 2.69 bits per heavy atom. The lowest BCUT2D eigenvalue weighted by Crippen LogP contribution is -2.53. The Bertz CT molecular complexity index is 778. The third kappa shape index (κ3) is 3.39. The highest BCUT2D eigenvalue weighted by atomic mass is 19.1. The first-order chi connectivity index (χ1) is 13.4. The van der Waals surface area contributed by atoms with Gasteiger partial charge in [-0.15, -0.1) is 0 Å². The smallest absolute Gasteiger partial charge is 0.308 e. The van der Waals surface area contributed by atoms with Gasteiger partial charge < -0.3 is 9.84 Å². The molecule has 3 fully saturated rings. The number of fused-ring (bicyclic) bond motifs is 5. The summed E-state index contributed by atoms with van der Waals surface area (Å²) < 4.78 is 21.1. The minimum Gasteiger partial charge on any atom is -0.462 e. The van der Waals surface area contributed by atoms with Gasteiger partial charge in [0, 0.05) is 10.8 Å². The maximum Gasteiger partial charge on any atom is 0.308 e. The van der Waals surface area contributed by atoms with Crippen LogP contribution in [-0.4, -0.2) is 34.7 Å². The molecule has 7 atom stereocenters. The van der Waals surface area contributed by atoms with Crippen molar-refractivity contribution in [2.45, 2.75) is 84.1 Å². The molecule has 5 heteroatoms. The summed E-state index contributed by atoms with van der Waals surface area (Å²) in [4.78, 5) is 24.2. The van der Waals surface area contributed by atoms with Gasteiger partial charge in [0.1, 0.15) is 12.3 Å². The molecule has 3 saturated carbocycles. The number of esters is 1. The van der Waals surface area contributed by atoms with Crippen molar-refractivity contribution in [1.29, 1.82) is 0 Å². The maximum atomic E-state index is 15.2. The van der Waals surface area contributed by atoms with Gasteiger partial charge in [0.05, 0.1) is 12.0 Å². The second-order valence-electron chi connectivity index (χ2n) is 10.8. The number of allylic oxidation sites excluding steroid dienone is 4. The van der Waals surface area contributed by atoms with Crippen LogP contribution in [0.2, 0.25) is 0 Å². The number of ketones is 1. The molecular formula is C24H33FO4. The molecule has 4 aliphatic carbocycles. The minimum atomic E-state index is -1.09. The zero-order valence-electron chi connectivity index (χ0n) is 17.9. The van der Waals surface area contributed by atoms with Gasteiger partial charge in [-0.2, -0.15) is 0 Å². The highest BCUT2D eigenvalue weighted by Crippen LogP contribution is 2.65. The summed E-state index contributed by atoms with van der Waals surface area (Å²) in [5.74, 6) is 0.378. The molecule has 0 aromatic carbocycles. The Kier molecular flexibility index (Phi) is 4.84. The van der Waals surface area contributed by atoms with Gasteiger partial charge >= 0.3 is 5.97 Å². The Labute approximate surface area is 172 Å². The van der Waals surface area contributed by atoms with Gasteiger partial charge in [-0.3, -0.25) is 9.59 Å². The predicted molar refractivity (Wildman–Crippen MR) is 108 cm³/mol. The molecule has 0 radical (unpaired) electrons. The molecule has 0 heterocycles. The summed E-state index contributed by atoms with van der Waals surface area (Å²) in [5.41, 5.74) is -0.976. The lowest BCUT2D eigenvalue weighted by molar-refractivity contribution is -0.163. The number of aliphatic hydroxyl groups is 1. The molecule has 0 saturated heterocycles. The standard InChI is InChI=1S/C24H33FO4/c1-22(2,28)13-21(27)29-20-6-5-16-15-12-19(25)18-11-14(26)7-9-23(18,3)17(15)8-10-24(16,20)4/h7,9,11,15-17,19-20,28H,5-6,8,10,12-13H2,1-4H3/t15-,16-,17-,19-,20+,23+,24-/m0/s1. The van der Waals surface area contributed by atoms with Crippen LogP contribution in [0.3, 0.4) is 0 Å². The van der Waals surface area contributed by atoms with Crippen LogP contribution >= 0.6 is 0 Å². The van der Waals surface area contributed by atoms with Gasteiger partial charge in [0.15, 0.2) is 5.78 Å². The van der Waals surface area contributed by atoms with E-state index in [1.807, 2.05) is 6.08 Å². The normalized spacial score (nSPS) is 43.9. The molecule has 4 nitrogen and oxygen atoms in total. The van der Waals surface area contributed by atoms with Gasteiger partial charge in [-0.05, 0) is 81.4 Å².